The number of carbonyl (C=O) groups excluding carboxylic acids is 2. The Morgan fingerprint density at radius 3 is 2.52 bits per heavy atom. The third kappa shape index (κ3) is 5.64. The van der Waals surface area contributed by atoms with Gasteiger partial charge in [-0.25, -0.2) is 0 Å². The Morgan fingerprint density at radius 1 is 1.16 bits per heavy atom. The van der Waals surface area contributed by atoms with E-state index in [-0.39, 0.29) is 17.2 Å². The molecule has 2 aromatic rings. The fourth-order valence-electron chi connectivity index (χ4n) is 3.00. The Hall–Kier alpha value is -1.96. The molecule has 0 N–H and O–H groups in total. The molecule has 1 atom stereocenters. The van der Waals surface area contributed by atoms with Crippen molar-refractivity contribution in [1.29, 1.82) is 0 Å². The molecule has 8 heteroatoms. The highest BCUT2D eigenvalue weighted by Crippen LogP contribution is 2.40. The van der Waals surface area contributed by atoms with Crippen LogP contribution in [0.25, 0.3) is 6.08 Å². The zero-order valence-corrected chi connectivity index (χ0v) is 20.6. The van der Waals surface area contributed by atoms with Gasteiger partial charge in [-0.15, -0.1) is 0 Å². The zero-order valence-electron chi connectivity index (χ0n) is 17.5. The fraction of sp³-hybridized carbons (Fsp3) is 0.304. The molecule has 1 saturated heterocycles. The molecule has 3 rings (SSSR count). The minimum Gasteiger partial charge on any atom is -0.490 e. The van der Waals surface area contributed by atoms with E-state index < -0.39 is 0 Å². The highest BCUT2D eigenvalue weighted by molar-refractivity contribution is 9.10. The molecule has 31 heavy (non-hydrogen) atoms. The number of rotatable bonds is 8. The molecule has 2 aromatic carbocycles. The molecular formula is C23H23BrClNO4S. The molecule has 0 spiro atoms. The number of imide groups is 1. The van der Waals surface area contributed by atoms with E-state index in [1.54, 1.807) is 6.08 Å². The highest BCUT2D eigenvalue weighted by Gasteiger charge is 2.37. The number of thioether (sulfide) groups is 1. The van der Waals surface area contributed by atoms with Crippen LogP contribution >= 0.6 is 39.3 Å². The SMILES string of the molecule is CCOc1cc(/C=C2/SC(=O)N([C@@H](C)CC)C2=O)cc(Br)c1OCc1ccc(Cl)cc1. The lowest BCUT2D eigenvalue weighted by Gasteiger charge is -2.19. The Labute approximate surface area is 199 Å². The van der Waals surface area contributed by atoms with Crippen LogP contribution in [0.5, 0.6) is 11.5 Å². The Balaban J connectivity index is 1.86. The summed E-state index contributed by atoms with van der Waals surface area (Å²) in [5.74, 6) is 0.862. The van der Waals surface area contributed by atoms with Gasteiger partial charge in [0.1, 0.15) is 6.61 Å². The van der Waals surface area contributed by atoms with E-state index in [2.05, 4.69) is 15.9 Å². The molecule has 0 unspecified atom stereocenters. The van der Waals surface area contributed by atoms with Gasteiger partial charge in [0.05, 0.1) is 16.0 Å². The lowest BCUT2D eigenvalue weighted by atomic mass is 10.1. The summed E-state index contributed by atoms with van der Waals surface area (Å²) in [5, 5.41) is 0.430. The van der Waals surface area contributed by atoms with Crippen molar-refractivity contribution in [3.63, 3.8) is 0 Å². The monoisotopic (exact) mass is 523 g/mol. The van der Waals surface area contributed by atoms with Gasteiger partial charge in [0.2, 0.25) is 0 Å². The number of hydrogen-bond acceptors (Lipinski definition) is 5. The maximum atomic E-state index is 12.7. The molecular weight excluding hydrogens is 502 g/mol. The van der Waals surface area contributed by atoms with Crippen LogP contribution in [0, 0.1) is 0 Å². The van der Waals surface area contributed by atoms with Crippen molar-refractivity contribution >= 4 is 56.5 Å². The summed E-state index contributed by atoms with van der Waals surface area (Å²) in [6.45, 7) is 6.52. The normalized spacial score (nSPS) is 16.2. The highest BCUT2D eigenvalue weighted by atomic mass is 79.9. The minimum atomic E-state index is -0.263. The van der Waals surface area contributed by atoms with Gasteiger partial charge in [-0.3, -0.25) is 14.5 Å². The van der Waals surface area contributed by atoms with Crippen molar-refractivity contribution in [3.8, 4) is 11.5 Å². The van der Waals surface area contributed by atoms with Crippen LogP contribution in [0.15, 0.2) is 45.8 Å². The lowest BCUT2D eigenvalue weighted by Crippen LogP contribution is -2.36. The van der Waals surface area contributed by atoms with Gasteiger partial charge < -0.3 is 9.47 Å². The first-order valence-electron chi connectivity index (χ1n) is 9.94. The third-order valence-corrected chi connectivity index (χ3v) is 6.51. The molecule has 0 radical (unpaired) electrons. The zero-order chi connectivity index (χ0) is 22.5. The van der Waals surface area contributed by atoms with Crippen molar-refractivity contribution in [2.24, 2.45) is 0 Å². The molecule has 1 heterocycles. The van der Waals surface area contributed by atoms with Crippen molar-refractivity contribution in [2.45, 2.75) is 39.8 Å². The Morgan fingerprint density at radius 2 is 1.87 bits per heavy atom. The number of halogens is 2. The molecule has 0 bridgehead atoms. The summed E-state index contributed by atoms with van der Waals surface area (Å²) in [4.78, 5) is 26.7. The lowest BCUT2D eigenvalue weighted by molar-refractivity contribution is -0.124. The Kier molecular flexibility index (Phi) is 8.08. The molecule has 2 amide bonds. The van der Waals surface area contributed by atoms with Gasteiger partial charge in [0, 0.05) is 11.1 Å². The molecule has 0 saturated carbocycles. The predicted octanol–water partition coefficient (Wildman–Crippen LogP) is 6.92. The molecule has 164 valence electrons. The quantitative estimate of drug-likeness (QED) is 0.351. The van der Waals surface area contributed by atoms with Gasteiger partial charge in [0.25, 0.3) is 11.1 Å². The smallest absolute Gasteiger partial charge is 0.293 e. The standard InChI is InChI=1S/C23H23BrClNO4S/c1-4-14(3)26-22(27)20(31-23(26)28)12-16-10-18(24)21(19(11-16)29-5-2)30-13-15-6-8-17(25)9-7-15/h6-12,14H,4-5,13H2,1-3H3/b20-12+/t14-/m0/s1. The molecule has 5 nitrogen and oxygen atoms in total. The van der Waals surface area contributed by atoms with Crippen LogP contribution in [0.3, 0.4) is 0 Å². The average Bonchev–Trinajstić information content (AvgIpc) is 3.01. The third-order valence-electron chi connectivity index (χ3n) is 4.78. The van der Waals surface area contributed by atoms with E-state index in [0.717, 1.165) is 22.9 Å². The number of hydrogen-bond donors (Lipinski definition) is 0. The molecule has 0 aliphatic carbocycles. The van der Waals surface area contributed by atoms with Crippen LogP contribution < -0.4 is 9.47 Å². The second kappa shape index (κ2) is 10.6. The van der Waals surface area contributed by atoms with E-state index in [4.69, 9.17) is 21.1 Å². The summed E-state index contributed by atoms with van der Waals surface area (Å²) in [6, 6.07) is 11.0. The maximum absolute atomic E-state index is 12.7. The van der Waals surface area contributed by atoms with Crippen LogP contribution in [-0.4, -0.2) is 28.7 Å². The Bertz CT molecular complexity index is 1010. The van der Waals surface area contributed by atoms with E-state index in [0.29, 0.717) is 45.5 Å². The van der Waals surface area contributed by atoms with E-state index in [1.807, 2.05) is 57.2 Å². The first-order chi connectivity index (χ1) is 14.8. The van der Waals surface area contributed by atoms with Crippen molar-refractivity contribution in [1.82, 2.24) is 4.90 Å². The summed E-state index contributed by atoms with van der Waals surface area (Å²) >= 11 is 10.4. The fourth-order valence-corrected chi connectivity index (χ4v) is 4.63. The number of ether oxygens (including phenoxy) is 2. The van der Waals surface area contributed by atoms with Gasteiger partial charge in [-0.2, -0.15) is 0 Å². The largest absolute Gasteiger partial charge is 0.490 e. The maximum Gasteiger partial charge on any atom is 0.293 e. The summed E-state index contributed by atoms with van der Waals surface area (Å²) < 4.78 is 12.5. The summed E-state index contributed by atoms with van der Waals surface area (Å²) in [5.41, 5.74) is 1.71. The number of nitrogens with zero attached hydrogens (tertiary/aromatic N) is 1. The second-order valence-corrected chi connectivity index (χ2v) is 9.27. The van der Waals surface area contributed by atoms with E-state index in [1.165, 1.54) is 4.90 Å². The van der Waals surface area contributed by atoms with E-state index in [9.17, 15) is 9.59 Å². The van der Waals surface area contributed by atoms with Gasteiger partial charge in [-0.05, 0) is 89.4 Å². The van der Waals surface area contributed by atoms with Gasteiger partial charge >= 0.3 is 0 Å². The van der Waals surface area contributed by atoms with Crippen LogP contribution in [-0.2, 0) is 11.4 Å². The summed E-state index contributed by atoms with van der Waals surface area (Å²) in [7, 11) is 0. The van der Waals surface area contributed by atoms with Crippen molar-refractivity contribution in [3.05, 3.63) is 61.9 Å². The number of amides is 2. The predicted molar refractivity (Wildman–Crippen MR) is 129 cm³/mol. The number of benzene rings is 2. The van der Waals surface area contributed by atoms with E-state index >= 15 is 0 Å². The first-order valence-corrected chi connectivity index (χ1v) is 11.9. The van der Waals surface area contributed by atoms with Crippen LogP contribution in [0.4, 0.5) is 4.79 Å². The van der Waals surface area contributed by atoms with Crippen LogP contribution in [0.2, 0.25) is 5.02 Å². The first kappa shape index (κ1) is 23.7. The molecule has 1 aliphatic rings. The molecule has 1 fully saturated rings. The topological polar surface area (TPSA) is 55.8 Å². The van der Waals surface area contributed by atoms with Gasteiger partial charge in [0.15, 0.2) is 11.5 Å². The van der Waals surface area contributed by atoms with Gasteiger partial charge in [-0.1, -0.05) is 30.7 Å². The van der Waals surface area contributed by atoms with Crippen molar-refractivity contribution < 1.29 is 19.1 Å². The summed E-state index contributed by atoms with van der Waals surface area (Å²) in [6.07, 6.45) is 2.43. The van der Waals surface area contributed by atoms with Crippen molar-refractivity contribution in [2.75, 3.05) is 6.61 Å². The number of carbonyl (C=O) groups is 2. The molecule has 1 aliphatic heterocycles. The second-order valence-electron chi connectivity index (χ2n) is 6.99. The minimum absolute atomic E-state index is 0.132. The molecule has 0 aromatic heterocycles. The average molecular weight is 525 g/mol. The van der Waals surface area contributed by atoms with Crippen LogP contribution in [0.1, 0.15) is 38.3 Å².